The molecule has 0 aliphatic carbocycles. The van der Waals surface area contributed by atoms with E-state index in [4.69, 9.17) is 10.5 Å². The zero-order chi connectivity index (χ0) is 15.1. The largest absolute Gasteiger partial charge is 0.463 e. The molecule has 2 aromatic rings. The molecule has 1 aromatic heterocycles. The van der Waals surface area contributed by atoms with Crippen LogP contribution in [0.25, 0.3) is 0 Å². The van der Waals surface area contributed by atoms with Crippen LogP contribution < -0.4 is 15.8 Å². The number of hydrogen-bond acceptors (Lipinski definition) is 6. The van der Waals surface area contributed by atoms with Gasteiger partial charge in [0.05, 0.1) is 6.61 Å². The van der Waals surface area contributed by atoms with Gasteiger partial charge in [-0.1, -0.05) is 32.4 Å². The van der Waals surface area contributed by atoms with Gasteiger partial charge >= 0.3 is 6.01 Å². The van der Waals surface area contributed by atoms with E-state index in [0.717, 1.165) is 24.9 Å². The van der Waals surface area contributed by atoms with Crippen molar-refractivity contribution in [2.45, 2.75) is 33.1 Å². The molecule has 112 valence electrons. The molecule has 0 spiro atoms. The highest BCUT2D eigenvalue weighted by Gasteiger charge is 2.05. The molecule has 0 aliphatic rings. The van der Waals surface area contributed by atoms with Crippen LogP contribution in [0.3, 0.4) is 0 Å². The van der Waals surface area contributed by atoms with E-state index in [-0.39, 0.29) is 12.0 Å². The first-order valence-electron chi connectivity index (χ1n) is 7.21. The smallest absolute Gasteiger partial charge is 0.323 e. The molecular weight excluding hydrogens is 266 g/mol. The maximum Gasteiger partial charge on any atom is 0.323 e. The quantitative estimate of drug-likeness (QED) is 0.814. The number of aryl methyl sites for hydroxylation is 1. The van der Waals surface area contributed by atoms with Gasteiger partial charge in [-0.15, -0.1) is 0 Å². The van der Waals surface area contributed by atoms with Gasteiger partial charge in [0.1, 0.15) is 0 Å². The predicted molar refractivity (Wildman–Crippen MR) is 83.7 cm³/mol. The van der Waals surface area contributed by atoms with Crippen LogP contribution in [0.2, 0.25) is 0 Å². The summed E-state index contributed by atoms with van der Waals surface area (Å²) in [4.78, 5) is 12.2. The number of anilines is 3. The molecule has 2 rings (SSSR count). The van der Waals surface area contributed by atoms with E-state index < -0.39 is 0 Å². The fourth-order valence-electron chi connectivity index (χ4n) is 1.86. The van der Waals surface area contributed by atoms with E-state index >= 15 is 0 Å². The van der Waals surface area contributed by atoms with Crippen LogP contribution >= 0.6 is 0 Å². The Morgan fingerprint density at radius 2 is 1.81 bits per heavy atom. The van der Waals surface area contributed by atoms with Crippen LogP contribution in [-0.2, 0) is 6.42 Å². The van der Waals surface area contributed by atoms with E-state index in [1.54, 1.807) is 0 Å². The van der Waals surface area contributed by atoms with E-state index in [1.165, 1.54) is 5.56 Å². The zero-order valence-electron chi connectivity index (χ0n) is 12.5. The van der Waals surface area contributed by atoms with Crippen LogP contribution in [-0.4, -0.2) is 21.6 Å². The summed E-state index contributed by atoms with van der Waals surface area (Å²) >= 11 is 0. The zero-order valence-corrected chi connectivity index (χ0v) is 12.5. The molecule has 0 amide bonds. The second kappa shape index (κ2) is 7.42. The number of nitrogens with zero attached hydrogens (tertiary/aromatic N) is 3. The van der Waals surface area contributed by atoms with Gasteiger partial charge in [-0.05, 0) is 30.5 Å². The highest BCUT2D eigenvalue weighted by atomic mass is 16.5. The number of ether oxygens (including phenoxy) is 1. The Morgan fingerprint density at radius 3 is 2.48 bits per heavy atom. The molecule has 0 unspecified atom stereocenters. The van der Waals surface area contributed by atoms with Crippen LogP contribution in [0.15, 0.2) is 24.3 Å². The average Bonchev–Trinajstić information content (AvgIpc) is 2.47. The standard InChI is InChI=1S/C15H21N5O/c1-3-5-11-6-8-12(9-7-11)17-14-18-13(16)19-15(20-14)21-10-4-2/h6-9H,3-5,10H2,1-2H3,(H3,16,17,18,19,20). The lowest BCUT2D eigenvalue weighted by molar-refractivity contribution is 0.292. The Bertz CT molecular complexity index is 571. The van der Waals surface area contributed by atoms with Gasteiger partial charge in [-0.25, -0.2) is 0 Å². The minimum Gasteiger partial charge on any atom is -0.463 e. The second-order valence-corrected chi connectivity index (χ2v) is 4.72. The van der Waals surface area contributed by atoms with Gasteiger partial charge in [-0.2, -0.15) is 15.0 Å². The molecule has 0 atom stereocenters. The Hall–Kier alpha value is -2.37. The normalized spacial score (nSPS) is 10.4. The lowest BCUT2D eigenvalue weighted by Crippen LogP contribution is -2.07. The molecule has 6 nitrogen and oxygen atoms in total. The molecule has 0 saturated carbocycles. The monoisotopic (exact) mass is 287 g/mol. The first-order chi connectivity index (χ1) is 10.2. The van der Waals surface area contributed by atoms with Crippen molar-refractivity contribution in [3.63, 3.8) is 0 Å². The van der Waals surface area contributed by atoms with Crippen molar-refractivity contribution < 1.29 is 4.74 Å². The summed E-state index contributed by atoms with van der Waals surface area (Å²) in [5.41, 5.74) is 7.88. The maximum absolute atomic E-state index is 5.67. The van der Waals surface area contributed by atoms with Crippen molar-refractivity contribution in [2.24, 2.45) is 0 Å². The molecule has 1 heterocycles. The van der Waals surface area contributed by atoms with Crippen molar-refractivity contribution in [3.8, 4) is 6.01 Å². The second-order valence-electron chi connectivity index (χ2n) is 4.72. The minimum atomic E-state index is 0.140. The lowest BCUT2D eigenvalue weighted by Gasteiger charge is -2.08. The van der Waals surface area contributed by atoms with Gasteiger partial charge in [0.25, 0.3) is 0 Å². The number of hydrogen-bond donors (Lipinski definition) is 2. The maximum atomic E-state index is 5.67. The third-order valence-corrected chi connectivity index (χ3v) is 2.82. The predicted octanol–water partition coefficient (Wildman–Crippen LogP) is 2.94. The highest BCUT2D eigenvalue weighted by Crippen LogP contribution is 2.17. The van der Waals surface area contributed by atoms with Gasteiger partial charge in [0, 0.05) is 5.69 Å². The molecule has 0 radical (unpaired) electrons. The molecule has 0 aliphatic heterocycles. The minimum absolute atomic E-state index is 0.140. The van der Waals surface area contributed by atoms with Gasteiger partial charge in [-0.3, -0.25) is 0 Å². The first kappa shape index (κ1) is 15.0. The van der Waals surface area contributed by atoms with Crippen molar-refractivity contribution in [1.82, 2.24) is 15.0 Å². The summed E-state index contributed by atoms with van der Waals surface area (Å²) in [6.07, 6.45) is 3.09. The number of rotatable bonds is 7. The average molecular weight is 287 g/mol. The van der Waals surface area contributed by atoms with Gasteiger partial charge in [0.15, 0.2) is 0 Å². The summed E-state index contributed by atoms with van der Waals surface area (Å²) in [5.74, 6) is 0.526. The Labute approximate surface area is 124 Å². The van der Waals surface area contributed by atoms with Crippen LogP contribution in [0.5, 0.6) is 6.01 Å². The van der Waals surface area contributed by atoms with Crippen molar-refractivity contribution >= 4 is 17.6 Å². The van der Waals surface area contributed by atoms with Gasteiger partial charge in [0.2, 0.25) is 11.9 Å². The Balaban J connectivity index is 2.09. The first-order valence-corrected chi connectivity index (χ1v) is 7.21. The number of nitrogen functional groups attached to an aromatic ring is 1. The fourth-order valence-corrected chi connectivity index (χ4v) is 1.86. The van der Waals surface area contributed by atoms with Crippen LogP contribution in [0.1, 0.15) is 32.3 Å². The molecule has 0 saturated heterocycles. The highest BCUT2D eigenvalue weighted by molar-refractivity contribution is 5.54. The third-order valence-electron chi connectivity index (χ3n) is 2.82. The summed E-state index contributed by atoms with van der Waals surface area (Å²) in [6, 6.07) is 8.42. The number of nitrogens with one attached hydrogen (secondary N) is 1. The molecular formula is C15H21N5O. The Morgan fingerprint density at radius 1 is 1.05 bits per heavy atom. The molecule has 0 fully saturated rings. The molecule has 3 N–H and O–H groups in total. The summed E-state index contributed by atoms with van der Waals surface area (Å²) < 4.78 is 5.38. The number of aromatic nitrogens is 3. The van der Waals surface area contributed by atoms with Crippen molar-refractivity contribution in [3.05, 3.63) is 29.8 Å². The molecule has 1 aromatic carbocycles. The summed E-state index contributed by atoms with van der Waals surface area (Å²) in [7, 11) is 0. The lowest BCUT2D eigenvalue weighted by atomic mass is 10.1. The molecule has 21 heavy (non-hydrogen) atoms. The van der Waals surface area contributed by atoms with Gasteiger partial charge < -0.3 is 15.8 Å². The summed E-state index contributed by atoms with van der Waals surface area (Å²) in [5, 5.41) is 3.11. The Kier molecular flexibility index (Phi) is 5.31. The fraction of sp³-hybridized carbons (Fsp3) is 0.400. The van der Waals surface area contributed by atoms with Crippen molar-refractivity contribution in [1.29, 1.82) is 0 Å². The van der Waals surface area contributed by atoms with E-state index in [1.807, 2.05) is 19.1 Å². The van der Waals surface area contributed by atoms with E-state index in [0.29, 0.717) is 12.6 Å². The number of nitrogens with two attached hydrogens (primary N) is 1. The molecule has 0 bridgehead atoms. The molecule has 6 heteroatoms. The van der Waals surface area contributed by atoms with Crippen LogP contribution in [0.4, 0.5) is 17.6 Å². The third kappa shape index (κ3) is 4.59. The van der Waals surface area contributed by atoms with E-state index in [9.17, 15) is 0 Å². The van der Waals surface area contributed by atoms with Crippen molar-refractivity contribution in [2.75, 3.05) is 17.7 Å². The van der Waals surface area contributed by atoms with Crippen LogP contribution in [0, 0.1) is 0 Å². The SMILES string of the molecule is CCCOc1nc(N)nc(Nc2ccc(CCC)cc2)n1. The topological polar surface area (TPSA) is 86.0 Å². The van der Waals surface area contributed by atoms with E-state index in [2.05, 4.69) is 39.3 Å². The summed E-state index contributed by atoms with van der Waals surface area (Å²) in [6.45, 7) is 4.73. The number of benzene rings is 1.